The molecule has 7 nitrogen and oxygen atoms in total. The first-order valence-corrected chi connectivity index (χ1v) is 17.3. The van der Waals surface area contributed by atoms with Crippen LogP contribution >= 0.6 is 23.2 Å². The van der Waals surface area contributed by atoms with Crippen LogP contribution in [0.5, 0.6) is 0 Å². The van der Waals surface area contributed by atoms with Gasteiger partial charge in [-0.3, -0.25) is 4.90 Å². The molecule has 5 aromatic carbocycles. The van der Waals surface area contributed by atoms with Gasteiger partial charge in [-0.05, 0) is 62.2 Å². The SMILES string of the molecule is O=C(Cl)OCC1c2ccccc2-c2ccccc21.O=C(OCC1c2ccccc2-c2ccccc21)N1[C@@H](CO)COC[C@H]1c1ccc(Cl)cc1. The molecule has 1 aliphatic heterocycles. The minimum atomic E-state index is -0.753. The zero-order valence-electron chi connectivity index (χ0n) is 27.1. The molecule has 50 heavy (non-hydrogen) atoms. The van der Waals surface area contributed by atoms with E-state index in [1.807, 2.05) is 60.7 Å². The fourth-order valence-corrected chi connectivity index (χ4v) is 7.54. The quantitative estimate of drug-likeness (QED) is 0.177. The Morgan fingerprint density at radius 2 is 1.10 bits per heavy atom. The van der Waals surface area contributed by atoms with Crippen LogP contribution in [0.1, 0.15) is 45.7 Å². The maximum Gasteiger partial charge on any atom is 0.410 e. The highest BCUT2D eigenvalue weighted by atomic mass is 35.5. The van der Waals surface area contributed by atoms with Crippen LogP contribution in [0, 0.1) is 0 Å². The van der Waals surface area contributed by atoms with Crippen molar-refractivity contribution in [2.45, 2.75) is 23.9 Å². The lowest BCUT2D eigenvalue weighted by Gasteiger charge is -2.40. The van der Waals surface area contributed by atoms with Gasteiger partial charge in [-0.25, -0.2) is 9.59 Å². The highest BCUT2D eigenvalue weighted by Gasteiger charge is 2.38. The van der Waals surface area contributed by atoms with Crippen LogP contribution in [0.3, 0.4) is 0 Å². The summed E-state index contributed by atoms with van der Waals surface area (Å²) >= 11 is 11.3. The summed E-state index contributed by atoms with van der Waals surface area (Å²) in [5.74, 6) is 0.0639. The van der Waals surface area contributed by atoms with Crippen LogP contribution in [0.2, 0.25) is 5.02 Å². The van der Waals surface area contributed by atoms with E-state index in [1.165, 1.54) is 33.4 Å². The average molecular weight is 709 g/mol. The standard InChI is InChI=1S/C26H24ClNO4.C15H11ClO2/c27-18-11-9-17(10-12-18)25-16-31-14-19(13-29)28(25)26(30)32-15-24-22-7-3-1-5-20(22)21-6-2-4-8-23(21)24;16-15(17)18-9-14-12-7-3-1-5-10(12)11-6-2-4-8-13(11)14/h1-12,19,24-25,29H,13-16H2;1-8,14H,9H2/t19-,25-;/m0./s1. The highest BCUT2D eigenvalue weighted by Crippen LogP contribution is 2.46. The first kappa shape index (κ1) is 33.8. The van der Waals surface area contributed by atoms with Crippen LogP contribution in [-0.2, 0) is 14.2 Å². The van der Waals surface area contributed by atoms with Gasteiger partial charge < -0.3 is 19.3 Å². The number of halogens is 2. The van der Waals surface area contributed by atoms with Crippen molar-refractivity contribution in [3.8, 4) is 22.3 Å². The summed E-state index contributed by atoms with van der Waals surface area (Å²) in [5.41, 5.74) is 9.64. The molecule has 1 heterocycles. The summed E-state index contributed by atoms with van der Waals surface area (Å²) in [6.07, 6.45) is -0.450. The lowest BCUT2D eigenvalue weighted by atomic mass is 9.98. The molecule has 2 aliphatic carbocycles. The van der Waals surface area contributed by atoms with Crippen molar-refractivity contribution in [2.24, 2.45) is 0 Å². The van der Waals surface area contributed by atoms with Crippen molar-refractivity contribution in [1.29, 1.82) is 0 Å². The molecule has 0 aromatic heterocycles. The van der Waals surface area contributed by atoms with Crippen molar-refractivity contribution in [2.75, 3.05) is 33.0 Å². The molecule has 9 heteroatoms. The van der Waals surface area contributed by atoms with Crippen LogP contribution < -0.4 is 0 Å². The van der Waals surface area contributed by atoms with Crippen molar-refractivity contribution in [3.63, 3.8) is 0 Å². The summed E-state index contributed by atoms with van der Waals surface area (Å²) in [6.45, 7) is 0.924. The van der Waals surface area contributed by atoms with Gasteiger partial charge in [0.1, 0.15) is 13.2 Å². The predicted molar refractivity (Wildman–Crippen MR) is 194 cm³/mol. The van der Waals surface area contributed by atoms with Gasteiger partial charge in [0.25, 0.3) is 0 Å². The number of amides is 1. The van der Waals surface area contributed by atoms with E-state index in [9.17, 15) is 14.7 Å². The van der Waals surface area contributed by atoms with Gasteiger partial charge >= 0.3 is 11.5 Å². The molecule has 1 N–H and O–H groups in total. The number of hydrogen-bond acceptors (Lipinski definition) is 6. The Bertz CT molecular complexity index is 1910. The largest absolute Gasteiger partial charge is 0.453 e. The number of carbonyl (C=O) groups excluding carboxylic acids is 2. The lowest BCUT2D eigenvalue weighted by Crippen LogP contribution is -2.52. The molecule has 8 rings (SSSR count). The normalized spacial score (nSPS) is 17.5. The van der Waals surface area contributed by atoms with Crippen molar-refractivity contribution >= 4 is 34.7 Å². The van der Waals surface area contributed by atoms with E-state index in [0.717, 1.165) is 16.7 Å². The molecule has 1 fully saturated rings. The predicted octanol–water partition coefficient (Wildman–Crippen LogP) is 9.20. The Balaban J connectivity index is 0.000000184. The van der Waals surface area contributed by atoms with Crippen molar-refractivity contribution in [3.05, 3.63) is 154 Å². The zero-order chi connectivity index (χ0) is 34.6. The monoisotopic (exact) mass is 707 g/mol. The fourth-order valence-electron chi connectivity index (χ4n) is 7.35. The third-order valence-electron chi connectivity index (χ3n) is 9.65. The fraction of sp³-hybridized carbons (Fsp3) is 0.220. The van der Waals surface area contributed by atoms with Crippen molar-refractivity contribution < 1.29 is 28.9 Å². The van der Waals surface area contributed by atoms with Crippen LogP contribution in [-0.4, -0.2) is 60.6 Å². The molecule has 0 spiro atoms. The molecular weight excluding hydrogens is 673 g/mol. The molecule has 3 aliphatic rings. The van der Waals surface area contributed by atoms with E-state index < -0.39 is 17.6 Å². The minimum absolute atomic E-state index is 0.0195. The number of rotatable bonds is 6. The number of benzene rings is 5. The molecule has 1 saturated heterocycles. The van der Waals surface area contributed by atoms with Crippen LogP contribution in [0.25, 0.3) is 22.3 Å². The van der Waals surface area contributed by atoms with Crippen LogP contribution in [0.4, 0.5) is 9.59 Å². The third kappa shape index (κ3) is 6.74. The zero-order valence-corrected chi connectivity index (χ0v) is 28.6. The van der Waals surface area contributed by atoms with Gasteiger partial charge in [0.2, 0.25) is 0 Å². The Hall–Kier alpha value is -4.66. The van der Waals surface area contributed by atoms with Gasteiger partial charge in [-0.1, -0.05) is 121 Å². The highest BCUT2D eigenvalue weighted by molar-refractivity contribution is 6.61. The summed E-state index contributed by atoms with van der Waals surface area (Å²) in [4.78, 5) is 25.7. The Kier molecular flexibility index (Phi) is 10.2. The first-order chi connectivity index (χ1) is 24.4. The van der Waals surface area contributed by atoms with Gasteiger partial charge in [-0.2, -0.15) is 0 Å². The molecule has 0 saturated carbocycles. The molecular formula is C41H35Cl2NO6. The maximum absolute atomic E-state index is 13.3. The molecule has 0 unspecified atom stereocenters. The van der Waals surface area contributed by atoms with Gasteiger partial charge in [0.05, 0.1) is 31.9 Å². The Labute approximate surface area is 300 Å². The van der Waals surface area contributed by atoms with E-state index in [4.69, 9.17) is 37.4 Å². The van der Waals surface area contributed by atoms with Crippen molar-refractivity contribution in [1.82, 2.24) is 4.90 Å². The Morgan fingerprint density at radius 3 is 1.54 bits per heavy atom. The summed E-state index contributed by atoms with van der Waals surface area (Å²) in [6, 6.07) is 39.4. The number of aliphatic hydroxyl groups is 1. The van der Waals surface area contributed by atoms with Gasteiger partial charge in [0.15, 0.2) is 0 Å². The number of hydrogen-bond donors (Lipinski definition) is 1. The first-order valence-electron chi connectivity index (χ1n) is 16.5. The second-order valence-corrected chi connectivity index (χ2v) is 13.2. The van der Waals surface area contributed by atoms with E-state index in [2.05, 4.69) is 48.5 Å². The molecule has 5 aromatic rings. The number of ether oxygens (including phenoxy) is 3. The smallest absolute Gasteiger partial charge is 0.410 e. The summed E-state index contributed by atoms with van der Waals surface area (Å²) in [5, 5.41) is 10.5. The lowest BCUT2D eigenvalue weighted by molar-refractivity contribution is -0.0602. The molecule has 1 amide bonds. The van der Waals surface area contributed by atoms with Gasteiger partial charge in [-0.15, -0.1) is 0 Å². The third-order valence-corrected chi connectivity index (χ3v) is 10.0. The van der Waals surface area contributed by atoms with E-state index in [1.54, 1.807) is 17.0 Å². The Morgan fingerprint density at radius 1 is 0.660 bits per heavy atom. The number of fused-ring (bicyclic) bond motifs is 6. The number of carbonyl (C=O) groups is 2. The number of nitrogens with zero attached hydrogens (tertiary/aromatic N) is 1. The maximum atomic E-state index is 13.3. The average Bonchev–Trinajstić information content (AvgIpc) is 3.65. The molecule has 0 radical (unpaired) electrons. The van der Waals surface area contributed by atoms with E-state index >= 15 is 0 Å². The molecule has 2 atom stereocenters. The topological polar surface area (TPSA) is 85.3 Å². The summed E-state index contributed by atoms with van der Waals surface area (Å²) in [7, 11) is 0. The second-order valence-electron chi connectivity index (χ2n) is 12.4. The summed E-state index contributed by atoms with van der Waals surface area (Å²) < 4.78 is 16.5. The van der Waals surface area contributed by atoms with E-state index in [0.29, 0.717) is 11.6 Å². The van der Waals surface area contributed by atoms with E-state index in [-0.39, 0.29) is 44.3 Å². The second kappa shape index (κ2) is 15.1. The number of aliphatic hydroxyl groups excluding tert-OH is 1. The number of morpholine rings is 1. The van der Waals surface area contributed by atoms with Crippen LogP contribution in [0.15, 0.2) is 121 Å². The molecule has 254 valence electrons. The minimum Gasteiger partial charge on any atom is -0.453 e. The molecule has 0 bridgehead atoms. The van der Waals surface area contributed by atoms with Gasteiger partial charge in [0, 0.05) is 28.5 Å².